The number of hydrogen-bond acceptors (Lipinski definition) is 5. The molecule has 25 heavy (non-hydrogen) atoms. The molecule has 2 N–H and O–H groups in total. The van der Waals surface area contributed by atoms with E-state index in [0.29, 0.717) is 18.5 Å². The van der Waals surface area contributed by atoms with Crippen molar-refractivity contribution in [3.8, 4) is 0 Å². The second kappa shape index (κ2) is 11.6. The minimum absolute atomic E-state index is 0. The maximum atomic E-state index is 5.46. The monoisotopic (exact) mass is 465 g/mol. The molecule has 0 saturated carbocycles. The molecule has 0 aliphatic carbocycles. The van der Waals surface area contributed by atoms with Gasteiger partial charge in [0.15, 0.2) is 11.8 Å². The molecule has 1 aromatic rings. The standard InChI is InChI=1S/C16H31N7O.HI/c1-5-22-12-20-21-15(22)11-19-16(17-4)18-10-14(13(2)3)23-6-8-24-9-7-23;/h12-14H,5-11H2,1-4H3,(H2,17,18,19);1H. The maximum absolute atomic E-state index is 5.46. The van der Waals surface area contributed by atoms with Gasteiger partial charge in [-0.3, -0.25) is 9.89 Å². The highest BCUT2D eigenvalue weighted by Crippen LogP contribution is 2.12. The lowest BCUT2D eigenvalue weighted by Gasteiger charge is -2.37. The summed E-state index contributed by atoms with van der Waals surface area (Å²) in [5, 5.41) is 14.8. The van der Waals surface area contributed by atoms with Crippen LogP contribution in [0.5, 0.6) is 0 Å². The van der Waals surface area contributed by atoms with Gasteiger partial charge in [-0.25, -0.2) is 0 Å². The van der Waals surface area contributed by atoms with Gasteiger partial charge in [-0.05, 0) is 12.8 Å². The summed E-state index contributed by atoms with van der Waals surface area (Å²) >= 11 is 0. The Kier molecular flexibility index (Phi) is 10.3. The van der Waals surface area contributed by atoms with E-state index >= 15 is 0 Å². The summed E-state index contributed by atoms with van der Waals surface area (Å²) in [7, 11) is 1.79. The van der Waals surface area contributed by atoms with Crippen molar-refractivity contribution in [1.82, 2.24) is 30.3 Å². The Labute approximate surface area is 167 Å². The van der Waals surface area contributed by atoms with Crippen molar-refractivity contribution in [1.29, 1.82) is 0 Å². The first-order valence-electron chi connectivity index (χ1n) is 8.78. The molecule has 0 spiro atoms. The average Bonchev–Trinajstić information content (AvgIpc) is 3.06. The SMILES string of the molecule is CCn1cnnc1CNC(=NC)NCC(C(C)C)N1CCOCC1.I. The van der Waals surface area contributed by atoms with E-state index in [1.54, 1.807) is 13.4 Å². The van der Waals surface area contributed by atoms with Crippen LogP contribution >= 0.6 is 24.0 Å². The lowest BCUT2D eigenvalue weighted by Crippen LogP contribution is -2.52. The summed E-state index contributed by atoms with van der Waals surface area (Å²) in [4.78, 5) is 6.82. The minimum atomic E-state index is 0. The predicted octanol–water partition coefficient (Wildman–Crippen LogP) is 0.938. The lowest BCUT2D eigenvalue weighted by molar-refractivity contribution is 0.00752. The van der Waals surface area contributed by atoms with Crippen LogP contribution < -0.4 is 10.6 Å². The third-order valence-electron chi connectivity index (χ3n) is 4.44. The van der Waals surface area contributed by atoms with E-state index in [9.17, 15) is 0 Å². The molecule has 1 aliphatic rings. The van der Waals surface area contributed by atoms with Crippen molar-refractivity contribution in [2.24, 2.45) is 10.9 Å². The first kappa shape index (κ1) is 22.1. The Morgan fingerprint density at radius 3 is 2.64 bits per heavy atom. The molecule has 1 aliphatic heterocycles. The third-order valence-corrected chi connectivity index (χ3v) is 4.44. The highest BCUT2D eigenvalue weighted by molar-refractivity contribution is 14.0. The van der Waals surface area contributed by atoms with Crippen LogP contribution in [-0.2, 0) is 17.8 Å². The zero-order chi connectivity index (χ0) is 17.4. The minimum Gasteiger partial charge on any atom is -0.379 e. The van der Waals surface area contributed by atoms with Crippen LogP contribution in [0.15, 0.2) is 11.3 Å². The van der Waals surface area contributed by atoms with Gasteiger partial charge < -0.3 is 19.9 Å². The van der Waals surface area contributed by atoms with E-state index < -0.39 is 0 Å². The lowest BCUT2D eigenvalue weighted by atomic mass is 10.0. The van der Waals surface area contributed by atoms with Crippen LogP contribution in [0.2, 0.25) is 0 Å². The number of nitrogens with one attached hydrogen (secondary N) is 2. The van der Waals surface area contributed by atoms with Crippen molar-refractivity contribution in [2.45, 2.75) is 39.9 Å². The fourth-order valence-corrected chi connectivity index (χ4v) is 2.96. The summed E-state index contributed by atoms with van der Waals surface area (Å²) in [6.45, 7) is 12.6. The molecule has 1 unspecified atom stereocenters. The van der Waals surface area contributed by atoms with E-state index in [2.05, 4.69) is 51.5 Å². The van der Waals surface area contributed by atoms with Crippen LogP contribution in [0.25, 0.3) is 0 Å². The van der Waals surface area contributed by atoms with Gasteiger partial charge in [0.05, 0.1) is 19.8 Å². The van der Waals surface area contributed by atoms with Crippen molar-refractivity contribution in [2.75, 3.05) is 39.9 Å². The van der Waals surface area contributed by atoms with Gasteiger partial charge in [-0.15, -0.1) is 34.2 Å². The second-order valence-corrected chi connectivity index (χ2v) is 6.30. The maximum Gasteiger partial charge on any atom is 0.191 e. The van der Waals surface area contributed by atoms with Crippen LogP contribution in [0.4, 0.5) is 0 Å². The zero-order valence-corrected chi connectivity index (χ0v) is 18.1. The van der Waals surface area contributed by atoms with Crippen LogP contribution in [0.1, 0.15) is 26.6 Å². The van der Waals surface area contributed by atoms with E-state index in [0.717, 1.165) is 51.2 Å². The summed E-state index contributed by atoms with van der Waals surface area (Å²) in [5.74, 6) is 2.27. The fraction of sp³-hybridized carbons (Fsp3) is 0.812. The van der Waals surface area contributed by atoms with Crippen LogP contribution in [0.3, 0.4) is 0 Å². The fourth-order valence-electron chi connectivity index (χ4n) is 2.96. The summed E-state index contributed by atoms with van der Waals surface area (Å²) < 4.78 is 7.48. The summed E-state index contributed by atoms with van der Waals surface area (Å²) in [5.41, 5.74) is 0. The number of ether oxygens (including phenoxy) is 1. The smallest absolute Gasteiger partial charge is 0.191 e. The molecular weight excluding hydrogens is 433 g/mol. The molecule has 0 amide bonds. The zero-order valence-electron chi connectivity index (χ0n) is 15.7. The molecule has 1 fully saturated rings. The number of rotatable bonds is 7. The van der Waals surface area contributed by atoms with Crippen LogP contribution in [0, 0.1) is 5.92 Å². The van der Waals surface area contributed by atoms with E-state index in [-0.39, 0.29) is 24.0 Å². The number of guanidine groups is 1. The normalized spacial score (nSPS) is 17.2. The van der Waals surface area contributed by atoms with Gasteiger partial charge in [0.2, 0.25) is 0 Å². The molecule has 0 bridgehead atoms. The number of aromatic nitrogens is 3. The Morgan fingerprint density at radius 1 is 1.32 bits per heavy atom. The van der Waals surface area contributed by atoms with Crippen molar-refractivity contribution >= 4 is 29.9 Å². The topological polar surface area (TPSA) is 79.6 Å². The molecule has 1 atom stereocenters. The average molecular weight is 465 g/mol. The number of halogens is 1. The van der Waals surface area contributed by atoms with Gasteiger partial charge in [-0.2, -0.15) is 0 Å². The quantitative estimate of drug-likeness (QED) is 0.355. The molecule has 0 aromatic carbocycles. The van der Waals surface area contributed by atoms with E-state index in [4.69, 9.17) is 4.74 Å². The number of aliphatic imine (C=N–C) groups is 1. The molecule has 8 nitrogen and oxygen atoms in total. The number of morpholine rings is 1. The van der Waals surface area contributed by atoms with Crippen LogP contribution in [-0.4, -0.2) is 71.6 Å². The van der Waals surface area contributed by atoms with E-state index in [1.807, 2.05) is 4.57 Å². The van der Waals surface area contributed by atoms with Crippen molar-refractivity contribution in [3.05, 3.63) is 12.2 Å². The van der Waals surface area contributed by atoms with Gasteiger partial charge in [0.25, 0.3) is 0 Å². The number of nitrogens with zero attached hydrogens (tertiary/aromatic N) is 5. The summed E-state index contributed by atoms with van der Waals surface area (Å²) in [6.07, 6.45) is 1.75. The van der Waals surface area contributed by atoms with Gasteiger partial charge in [-0.1, -0.05) is 13.8 Å². The molecule has 1 saturated heterocycles. The molecular formula is C16H32IN7O. The van der Waals surface area contributed by atoms with Gasteiger partial charge in [0, 0.05) is 39.3 Å². The predicted molar refractivity (Wildman–Crippen MR) is 110 cm³/mol. The van der Waals surface area contributed by atoms with Crippen molar-refractivity contribution < 1.29 is 4.74 Å². The van der Waals surface area contributed by atoms with Gasteiger partial charge in [0.1, 0.15) is 6.33 Å². The molecule has 0 radical (unpaired) electrons. The number of hydrogen-bond donors (Lipinski definition) is 2. The Bertz CT molecular complexity index is 514. The molecule has 2 rings (SSSR count). The molecule has 9 heteroatoms. The highest BCUT2D eigenvalue weighted by Gasteiger charge is 2.23. The highest BCUT2D eigenvalue weighted by atomic mass is 127. The Hall–Kier alpha value is -0.940. The number of aryl methyl sites for hydroxylation is 1. The largest absolute Gasteiger partial charge is 0.379 e. The second-order valence-electron chi connectivity index (χ2n) is 6.30. The molecule has 1 aromatic heterocycles. The van der Waals surface area contributed by atoms with Gasteiger partial charge >= 0.3 is 0 Å². The Balaban J connectivity index is 0.00000312. The molecule has 144 valence electrons. The third kappa shape index (κ3) is 6.70. The summed E-state index contributed by atoms with van der Waals surface area (Å²) in [6, 6.07) is 0.465. The first-order chi connectivity index (χ1) is 11.7. The first-order valence-corrected chi connectivity index (χ1v) is 8.78. The van der Waals surface area contributed by atoms with E-state index in [1.165, 1.54) is 0 Å². The van der Waals surface area contributed by atoms with Crippen molar-refractivity contribution in [3.63, 3.8) is 0 Å². The Morgan fingerprint density at radius 2 is 2.04 bits per heavy atom. The molecule has 2 heterocycles.